The van der Waals surface area contributed by atoms with E-state index in [-0.39, 0.29) is 12.4 Å². The van der Waals surface area contributed by atoms with Gasteiger partial charge in [-0.3, -0.25) is 0 Å². The summed E-state index contributed by atoms with van der Waals surface area (Å²) in [5, 5.41) is 3.36. The second kappa shape index (κ2) is 7.00. The Balaban J connectivity index is 1.99. The average Bonchev–Trinajstić information content (AvgIpc) is 2.76. The van der Waals surface area contributed by atoms with E-state index >= 15 is 0 Å². The van der Waals surface area contributed by atoms with Crippen molar-refractivity contribution >= 4 is 11.3 Å². The molecule has 2 rings (SSSR count). The Morgan fingerprint density at radius 1 is 1.24 bits per heavy atom. The molecule has 0 unspecified atom stereocenters. The molecule has 0 aliphatic carbocycles. The molecule has 0 amide bonds. The molecule has 2 nitrogen and oxygen atoms in total. The smallest absolute Gasteiger partial charge is 0.167 e. The average molecular weight is 311 g/mol. The third-order valence-electron chi connectivity index (χ3n) is 3.03. The Hall–Kier alpha value is -1.46. The molecule has 0 aliphatic rings. The predicted molar refractivity (Wildman–Crippen MR) is 81.7 cm³/mol. The summed E-state index contributed by atoms with van der Waals surface area (Å²) in [6.07, 6.45) is 0. The van der Waals surface area contributed by atoms with Crippen LogP contribution in [0, 0.1) is 18.6 Å². The molecule has 21 heavy (non-hydrogen) atoms. The fourth-order valence-electron chi connectivity index (χ4n) is 1.87. The highest BCUT2D eigenvalue weighted by Crippen LogP contribution is 2.24. The van der Waals surface area contributed by atoms with Gasteiger partial charge in [0, 0.05) is 34.0 Å². The Kier molecular flexibility index (Phi) is 5.31. The number of thiophene rings is 1. The summed E-state index contributed by atoms with van der Waals surface area (Å²) in [6, 6.07) is 5.83. The summed E-state index contributed by atoms with van der Waals surface area (Å²) in [4.78, 5) is 2.37. The van der Waals surface area contributed by atoms with Gasteiger partial charge in [-0.2, -0.15) is 0 Å². The molecule has 114 valence electrons. The van der Waals surface area contributed by atoms with Gasteiger partial charge < -0.3 is 10.1 Å². The van der Waals surface area contributed by atoms with E-state index in [0.717, 1.165) is 23.1 Å². The van der Waals surface area contributed by atoms with Crippen molar-refractivity contribution in [2.24, 2.45) is 0 Å². The first-order valence-corrected chi connectivity index (χ1v) is 7.66. The third kappa shape index (κ3) is 4.51. The first-order valence-electron chi connectivity index (χ1n) is 6.85. The van der Waals surface area contributed by atoms with E-state index in [1.165, 1.54) is 17.0 Å². The molecule has 0 bridgehead atoms. The van der Waals surface area contributed by atoms with Gasteiger partial charge in [-0.1, -0.05) is 13.8 Å². The molecule has 5 heteroatoms. The summed E-state index contributed by atoms with van der Waals surface area (Å²) in [5.41, 5.74) is 1.03. The number of nitrogens with one attached hydrogen (secondary N) is 1. The highest BCUT2D eigenvalue weighted by molar-refractivity contribution is 7.12. The maximum atomic E-state index is 13.5. The molecule has 0 saturated carbocycles. The monoisotopic (exact) mass is 311 g/mol. The molecule has 1 aromatic heterocycles. The molecule has 0 radical (unpaired) electrons. The van der Waals surface area contributed by atoms with Crippen molar-refractivity contribution in [1.82, 2.24) is 5.32 Å². The molecule has 0 aliphatic heterocycles. The van der Waals surface area contributed by atoms with Gasteiger partial charge in [0.1, 0.15) is 12.4 Å². The summed E-state index contributed by atoms with van der Waals surface area (Å²) in [7, 11) is 0. The van der Waals surface area contributed by atoms with Gasteiger partial charge in [0.2, 0.25) is 0 Å². The van der Waals surface area contributed by atoms with E-state index in [9.17, 15) is 8.78 Å². The SMILES string of the molecule is Cc1sc(CNC(C)C)cc1COc1ccc(F)cc1F. The van der Waals surface area contributed by atoms with Crippen LogP contribution >= 0.6 is 11.3 Å². The quantitative estimate of drug-likeness (QED) is 0.853. The van der Waals surface area contributed by atoms with Gasteiger partial charge >= 0.3 is 0 Å². The zero-order valence-corrected chi connectivity index (χ0v) is 13.2. The van der Waals surface area contributed by atoms with Crippen LogP contribution in [-0.4, -0.2) is 6.04 Å². The van der Waals surface area contributed by atoms with Crippen LogP contribution in [0.3, 0.4) is 0 Å². The van der Waals surface area contributed by atoms with Crippen molar-refractivity contribution in [2.45, 2.75) is 40.0 Å². The van der Waals surface area contributed by atoms with Crippen LogP contribution in [0.2, 0.25) is 0 Å². The van der Waals surface area contributed by atoms with Gasteiger partial charge in [0.15, 0.2) is 11.6 Å². The summed E-state index contributed by atoms with van der Waals surface area (Å²) >= 11 is 1.70. The summed E-state index contributed by atoms with van der Waals surface area (Å²) in [5.74, 6) is -1.21. The summed E-state index contributed by atoms with van der Waals surface area (Å²) in [6.45, 7) is 7.31. The van der Waals surface area contributed by atoms with E-state index in [0.29, 0.717) is 6.04 Å². The minimum Gasteiger partial charge on any atom is -0.486 e. The van der Waals surface area contributed by atoms with Crippen molar-refractivity contribution in [3.8, 4) is 5.75 Å². The molecule has 0 spiro atoms. The minimum absolute atomic E-state index is 0.0730. The standard InChI is InChI=1S/C16H19F2NOS/c1-10(2)19-8-14-6-12(11(3)21-14)9-20-16-5-4-13(17)7-15(16)18/h4-7,10,19H,8-9H2,1-3H3. The van der Waals surface area contributed by atoms with Crippen molar-refractivity contribution in [3.05, 3.63) is 51.2 Å². The van der Waals surface area contributed by atoms with Crippen molar-refractivity contribution in [2.75, 3.05) is 0 Å². The zero-order chi connectivity index (χ0) is 15.4. The Morgan fingerprint density at radius 3 is 2.67 bits per heavy atom. The van der Waals surface area contributed by atoms with Gasteiger partial charge in [-0.15, -0.1) is 11.3 Å². The van der Waals surface area contributed by atoms with Crippen LogP contribution < -0.4 is 10.1 Å². The highest BCUT2D eigenvalue weighted by atomic mass is 32.1. The maximum Gasteiger partial charge on any atom is 0.167 e. The van der Waals surface area contributed by atoms with Crippen LogP contribution in [0.1, 0.15) is 29.2 Å². The predicted octanol–water partition coefficient (Wildman–Crippen LogP) is 4.41. The van der Waals surface area contributed by atoms with Crippen LogP contribution in [0.5, 0.6) is 5.75 Å². The molecule has 1 N–H and O–H groups in total. The molecule has 1 aromatic carbocycles. The van der Waals surface area contributed by atoms with E-state index in [2.05, 4.69) is 25.2 Å². The molecular formula is C16H19F2NOS. The topological polar surface area (TPSA) is 21.3 Å². The van der Waals surface area contributed by atoms with Crippen LogP contribution in [0.4, 0.5) is 8.78 Å². The van der Waals surface area contributed by atoms with E-state index < -0.39 is 11.6 Å². The van der Waals surface area contributed by atoms with Gasteiger partial charge in [-0.05, 0) is 25.1 Å². The molecule has 0 saturated heterocycles. The lowest BCUT2D eigenvalue weighted by molar-refractivity contribution is 0.289. The first-order chi connectivity index (χ1) is 9.95. The molecular weight excluding hydrogens is 292 g/mol. The minimum atomic E-state index is -0.676. The number of aryl methyl sites for hydroxylation is 1. The fraction of sp³-hybridized carbons (Fsp3) is 0.375. The number of rotatable bonds is 6. The third-order valence-corrected chi connectivity index (χ3v) is 4.13. The number of hydrogen-bond donors (Lipinski definition) is 1. The van der Waals surface area contributed by atoms with E-state index in [1.807, 2.05) is 6.92 Å². The molecule has 2 aromatic rings. The van der Waals surface area contributed by atoms with Gasteiger partial charge in [-0.25, -0.2) is 8.78 Å². The second-order valence-electron chi connectivity index (χ2n) is 5.19. The lowest BCUT2D eigenvalue weighted by atomic mass is 10.2. The lowest BCUT2D eigenvalue weighted by Crippen LogP contribution is -2.21. The highest BCUT2D eigenvalue weighted by Gasteiger charge is 2.09. The van der Waals surface area contributed by atoms with Crippen LogP contribution in [0.15, 0.2) is 24.3 Å². The van der Waals surface area contributed by atoms with Gasteiger partial charge in [0.25, 0.3) is 0 Å². The normalized spacial score (nSPS) is 11.1. The second-order valence-corrected chi connectivity index (χ2v) is 6.53. The fourth-order valence-corrected chi connectivity index (χ4v) is 2.87. The Labute approximate surface area is 127 Å². The van der Waals surface area contributed by atoms with E-state index in [1.54, 1.807) is 11.3 Å². The largest absolute Gasteiger partial charge is 0.486 e. The van der Waals surface area contributed by atoms with Crippen molar-refractivity contribution in [1.29, 1.82) is 0 Å². The van der Waals surface area contributed by atoms with Crippen molar-refractivity contribution < 1.29 is 13.5 Å². The molecule has 1 heterocycles. The van der Waals surface area contributed by atoms with Crippen LogP contribution in [-0.2, 0) is 13.2 Å². The van der Waals surface area contributed by atoms with Crippen molar-refractivity contribution in [3.63, 3.8) is 0 Å². The Bertz CT molecular complexity index is 610. The van der Waals surface area contributed by atoms with Crippen LogP contribution in [0.25, 0.3) is 0 Å². The Morgan fingerprint density at radius 2 is 2.00 bits per heavy atom. The molecule has 0 atom stereocenters. The lowest BCUT2D eigenvalue weighted by Gasteiger charge is -2.07. The maximum absolute atomic E-state index is 13.5. The summed E-state index contributed by atoms with van der Waals surface area (Å²) < 4.78 is 31.8. The first kappa shape index (κ1) is 15.9. The van der Waals surface area contributed by atoms with Gasteiger partial charge in [0.05, 0.1) is 0 Å². The zero-order valence-electron chi connectivity index (χ0n) is 12.4. The number of ether oxygens (including phenoxy) is 1. The van der Waals surface area contributed by atoms with E-state index in [4.69, 9.17) is 4.74 Å². The number of halogens is 2. The number of hydrogen-bond acceptors (Lipinski definition) is 3. The number of benzene rings is 1. The molecule has 0 fully saturated rings.